The number of benzene rings is 1. The highest BCUT2D eigenvalue weighted by atomic mass is 32.1. The largest absolute Gasteiger partial charge is 0.480 e. The lowest BCUT2D eigenvalue weighted by molar-refractivity contribution is -0.137. The molecule has 25 heavy (non-hydrogen) atoms. The molecule has 0 aliphatic heterocycles. The number of aliphatic carboxylic acids is 1. The molecule has 1 atom stereocenters. The van der Waals surface area contributed by atoms with Crippen molar-refractivity contribution < 1.29 is 29.1 Å². The fourth-order valence-electron chi connectivity index (χ4n) is 1.62. The van der Waals surface area contributed by atoms with Crippen molar-refractivity contribution >= 4 is 42.1 Å². The molecule has 0 radical (unpaired) electrons. The van der Waals surface area contributed by atoms with Gasteiger partial charge in [0.25, 0.3) is 0 Å². The van der Waals surface area contributed by atoms with Gasteiger partial charge in [-0.1, -0.05) is 30.3 Å². The first kappa shape index (κ1) is 20.2. The summed E-state index contributed by atoms with van der Waals surface area (Å²) in [6, 6.07) is 8.10. The molecule has 0 fully saturated rings. The van der Waals surface area contributed by atoms with Crippen LogP contribution in [0.15, 0.2) is 30.3 Å². The van der Waals surface area contributed by atoms with Gasteiger partial charge in [-0.15, -0.1) is 0 Å². The second-order valence-electron chi connectivity index (χ2n) is 4.80. The smallest absolute Gasteiger partial charge is 0.322 e. The van der Waals surface area contributed by atoms with E-state index in [2.05, 4.69) is 28.6 Å². The Morgan fingerprint density at radius 3 is 1.96 bits per heavy atom. The zero-order chi connectivity index (χ0) is 18.8. The minimum atomic E-state index is -1.27. The summed E-state index contributed by atoms with van der Waals surface area (Å²) in [7, 11) is 0. The molecule has 0 saturated carbocycles. The topological polar surface area (TPSA) is 142 Å². The third-order valence-electron chi connectivity index (χ3n) is 2.86. The quantitative estimate of drug-likeness (QED) is 0.206. The number of ketones is 1. The van der Waals surface area contributed by atoms with E-state index in [1.165, 1.54) is 0 Å². The third kappa shape index (κ3) is 7.48. The van der Waals surface area contributed by atoms with Crippen molar-refractivity contribution in [3.8, 4) is 0 Å². The van der Waals surface area contributed by atoms with Crippen LogP contribution in [0.25, 0.3) is 0 Å². The molecular weight excluding hydrogens is 350 g/mol. The van der Waals surface area contributed by atoms with Gasteiger partial charge in [-0.2, -0.15) is 12.6 Å². The summed E-state index contributed by atoms with van der Waals surface area (Å²) in [6.45, 7) is -1.45. The number of amides is 3. The zero-order valence-corrected chi connectivity index (χ0v) is 13.9. The molecule has 1 aromatic carbocycles. The molecule has 0 aliphatic rings. The maximum Gasteiger partial charge on any atom is 0.322 e. The summed E-state index contributed by atoms with van der Waals surface area (Å²) in [5.41, 5.74) is 0.317. The molecule has 1 unspecified atom stereocenters. The van der Waals surface area contributed by atoms with Crippen LogP contribution in [0.2, 0.25) is 0 Å². The Balaban J connectivity index is 2.35. The highest BCUT2D eigenvalue weighted by Crippen LogP contribution is 2.08. The molecule has 1 aromatic rings. The molecule has 0 aliphatic carbocycles. The predicted molar refractivity (Wildman–Crippen MR) is 90.2 cm³/mol. The van der Waals surface area contributed by atoms with Gasteiger partial charge in [0.2, 0.25) is 17.7 Å². The lowest BCUT2D eigenvalue weighted by atomic mass is 10.1. The SMILES string of the molecule is O=C(O)CNC(=O)CNC(=O)CNC(=O)C(S)C(=O)c1ccccc1. The van der Waals surface area contributed by atoms with Crippen LogP contribution in [0.5, 0.6) is 0 Å². The van der Waals surface area contributed by atoms with Gasteiger partial charge in [0.1, 0.15) is 11.8 Å². The number of hydrogen-bond donors (Lipinski definition) is 5. The standard InChI is InChI=1S/C15H17N3O6S/c19-10(17-8-12(21)22)6-16-11(20)7-18-15(24)14(25)13(23)9-4-2-1-3-5-9/h1-5,14,25H,6-8H2,(H,16,20)(H,17,19)(H,18,24)(H,21,22). The molecule has 0 saturated heterocycles. The lowest BCUT2D eigenvalue weighted by Crippen LogP contribution is -2.45. The van der Waals surface area contributed by atoms with E-state index in [0.717, 1.165) is 0 Å². The van der Waals surface area contributed by atoms with Crippen LogP contribution in [0, 0.1) is 0 Å². The van der Waals surface area contributed by atoms with Crippen LogP contribution < -0.4 is 16.0 Å². The Hall–Kier alpha value is -2.88. The van der Waals surface area contributed by atoms with E-state index in [1.807, 2.05) is 0 Å². The molecule has 9 nitrogen and oxygen atoms in total. The van der Waals surface area contributed by atoms with Crippen molar-refractivity contribution in [2.24, 2.45) is 0 Å². The normalized spacial score (nSPS) is 11.1. The van der Waals surface area contributed by atoms with Crippen molar-refractivity contribution in [3.05, 3.63) is 35.9 Å². The summed E-state index contributed by atoms with van der Waals surface area (Å²) < 4.78 is 0. The van der Waals surface area contributed by atoms with Crippen molar-refractivity contribution in [1.29, 1.82) is 0 Å². The molecule has 0 bridgehead atoms. The summed E-state index contributed by atoms with van der Waals surface area (Å²) in [6.07, 6.45) is 0. The van der Waals surface area contributed by atoms with Gasteiger partial charge < -0.3 is 21.1 Å². The summed E-state index contributed by atoms with van der Waals surface area (Å²) in [5, 5.41) is 13.6. The van der Waals surface area contributed by atoms with Gasteiger partial charge in [0.05, 0.1) is 13.1 Å². The van der Waals surface area contributed by atoms with Gasteiger partial charge in [0.15, 0.2) is 5.78 Å². The Morgan fingerprint density at radius 2 is 1.40 bits per heavy atom. The van der Waals surface area contributed by atoms with Crippen LogP contribution in [0.4, 0.5) is 0 Å². The minimum Gasteiger partial charge on any atom is -0.480 e. The number of thiol groups is 1. The van der Waals surface area contributed by atoms with E-state index in [4.69, 9.17) is 5.11 Å². The number of carboxylic acid groups (broad SMARTS) is 1. The van der Waals surface area contributed by atoms with Gasteiger partial charge in [-0.3, -0.25) is 24.0 Å². The first-order valence-corrected chi connectivity index (χ1v) is 7.63. The van der Waals surface area contributed by atoms with Gasteiger partial charge in [-0.25, -0.2) is 0 Å². The number of carbonyl (C=O) groups excluding carboxylic acids is 4. The fourth-order valence-corrected chi connectivity index (χ4v) is 1.86. The predicted octanol–water partition coefficient (Wildman–Crippen LogP) is -1.40. The lowest BCUT2D eigenvalue weighted by Gasteiger charge is -2.11. The van der Waals surface area contributed by atoms with Crippen molar-refractivity contribution in [2.75, 3.05) is 19.6 Å². The highest BCUT2D eigenvalue weighted by molar-refractivity contribution is 7.82. The monoisotopic (exact) mass is 367 g/mol. The first-order chi connectivity index (χ1) is 11.8. The Morgan fingerprint density at radius 1 is 0.880 bits per heavy atom. The summed E-state index contributed by atoms with van der Waals surface area (Å²) in [4.78, 5) is 56.9. The van der Waals surface area contributed by atoms with Gasteiger partial charge in [-0.05, 0) is 0 Å². The van der Waals surface area contributed by atoms with Crippen LogP contribution in [-0.4, -0.2) is 59.5 Å². The maximum absolute atomic E-state index is 12.0. The third-order valence-corrected chi connectivity index (χ3v) is 3.33. The average Bonchev–Trinajstić information content (AvgIpc) is 2.62. The van der Waals surface area contributed by atoms with Crippen LogP contribution >= 0.6 is 12.6 Å². The molecule has 0 heterocycles. The Bertz CT molecular complexity index is 664. The Kier molecular flexibility index (Phi) is 8.13. The van der Waals surface area contributed by atoms with E-state index in [9.17, 15) is 24.0 Å². The average molecular weight is 367 g/mol. The van der Waals surface area contributed by atoms with E-state index in [-0.39, 0.29) is 0 Å². The number of Topliss-reactive ketones (excluding diaryl/α,β-unsaturated/α-hetero) is 1. The second kappa shape index (κ2) is 10.1. The van der Waals surface area contributed by atoms with Crippen LogP contribution in [0.1, 0.15) is 10.4 Å². The minimum absolute atomic E-state index is 0.317. The second-order valence-corrected chi connectivity index (χ2v) is 5.31. The van der Waals surface area contributed by atoms with Crippen LogP contribution in [-0.2, 0) is 19.2 Å². The van der Waals surface area contributed by atoms with Crippen LogP contribution in [0.3, 0.4) is 0 Å². The Labute approximate surface area is 148 Å². The van der Waals surface area contributed by atoms with Crippen molar-refractivity contribution in [3.63, 3.8) is 0 Å². The maximum atomic E-state index is 12.0. The van der Waals surface area contributed by atoms with Crippen molar-refractivity contribution in [1.82, 2.24) is 16.0 Å². The molecule has 4 N–H and O–H groups in total. The number of carbonyl (C=O) groups is 5. The van der Waals surface area contributed by atoms with Gasteiger partial charge >= 0.3 is 5.97 Å². The molecule has 134 valence electrons. The zero-order valence-electron chi connectivity index (χ0n) is 13.0. The molecule has 0 aromatic heterocycles. The molecule has 10 heteroatoms. The van der Waals surface area contributed by atoms with Crippen molar-refractivity contribution in [2.45, 2.75) is 5.25 Å². The molecule has 1 rings (SSSR count). The number of nitrogens with one attached hydrogen (secondary N) is 3. The first-order valence-electron chi connectivity index (χ1n) is 7.11. The van der Waals surface area contributed by atoms with Gasteiger partial charge in [0, 0.05) is 5.56 Å². The number of rotatable bonds is 9. The number of hydrogen-bond acceptors (Lipinski definition) is 6. The van der Waals surface area contributed by atoms with E-state index >= 15 is 0 Å². The van der Waals surface area contributed by atoms with E-state index in [0.29, 0.717) is 5.56 Å². The molecular formula is C15H17N3O6S. The van der Waals surface area contributed by atoms with E-state index in [1.54, 1.807) is 30.3 Å². The van der Waals surface area contributed by atoms with E-state index < -0.39 is 54.4 Å². The summed E-state index contributed by atoms with van der Waals surface area (Å²) >= 11 is 3.95. The molecule has 3 amide bonds. The fraction of sp³-hybridized carbons (Fsp3) is 0.267. The summed E-state index contributed by atoms with van der Waals surface area (Å²) in [5.74, 6) is -3.83. The highest BCUT2D eigenvalue weighted by Gasteiger charge is 2.23. The molecule has 0 spiro atoms. The number of carboxylic acids is 1.